The Morgan fingerprint density at radius 1 is 1.03 bits per heavy atom. The summed E-state index contributed by atoms with van der Waals surface area (Å²) in [6.07, 6.45) is 7.96. The second kappa shape index (κ2) is 14.1. The summed E-state index contributed by atoms with van der Waals surface area (Å²) < 4.78 is 23.2. The molecule has 2 amide bonds. The number of carbonyl (C=O) groups excluding carboxylic acids is 2. The predicted octanol–water partition coefficient (Wildman–Crippen LogP) is 6.06. The van der Waals surface area contributed by atoms with E-state index >= 15 is 0 Å². The number of rotatable bonds is 10. The van der Waals surface area contributed by atoms with Crippen molar-refractivity contribution in [1.82, 2.24) is 9.80 Å². The first kappa shape index (κ1) is 30.1. The molecule has 0 unspecified atom stereocenters. The number of amides is 2. The van der Waals surface area contributed by atoms with Gasteiger partial charge in [0.2, 0.25) is 0 Å². The number of hydrogen-bond acceptors (Lipinski definition) is 6. The summed E-state index contributed by atoms with van der Waals surface area (Å²) in [6, 6.07) is 5.41. The van der Waals surface area contributed by atoms with Crippen LogP contribution in [0.3, 0.4) is 0 Å². The molecule has 214 valence electrons. The van der Waals surface area contributed by atoms with E-state index in [1.807, 2.05) is 57.7 Å². The molecule has 0 aromatic heterocycles. The fourth-order valence-electron chi connectivity index (χ4n) is 5.24. The molecule has 1 heterocycles. The summed E-state index contributed by atoms with van der Waals surface area (Å²) in [5, 5.41) is 0. The van der Waals surface area contributed by atoms with Crippen LogP contribution in [0.15, 0.2) is 18.2 Å². The van der Waals surface area contributed by atoms with Crippen LogP contribution < -0.4 is 9.47 Å². The molecule has 1 aliphatic heterocycles. The van der Waals surface area contributed by atoms with Gasteiger partial charge in [0.1, 0.15) is 5.60 Å². The third kappa shape index (κ3) is 8.79. The summed E-state index contributed by atoms with van der Waals surface area (Å²) in [4.78, 5) is 30.3. The van der Waals surface area contributed by atoms with Crippen LogP contribution in [0.2, 0.25) is 0 Å². The number of hydrogen-bond donors (Lipinski definition) is 0. The highest BCUT2D eigenvalue weighted by atomic mass is 16.6. The van der Waals surface area contributed by atoms with Gasteiger partial charge in [0.15, 0.2) is 11.5 Å². The van der Waals surface area contributed by atoms with Crippen LogP contribution >= 0.6 is 0 Å². The van der Waals surface area contributed by atoms with E-state index in [1.54, 1.807) is 12.0 Å². The molecule has 0 spiro atoms. The Morgan fingerprint density at radius 3 is 2.42 bits per heavy atom. The van der Waals surface area contributed by atoms with E-state index in [0.29, 0.717) is 43.4 Å². The largest absolute Gasteiger partial charge is 0.490 e. The third-order valence-corrected chi connectivity index (χ3v) is 7.02. The Bertz CT molecular complexity index is 906. The molecule has 1 aliphatic carbocycles. The number of likely N-dealkylation sites (tertiary alicyclic amines) is 1. The number of benzene rings is 1. The maximum absolute atomic E-state index is 13.9. The second-order valence-electron chi connectivity index (χ2n) is 11.8. The minimum absolute atomic E-state index is 0.0321. The van der Waals surface area contributed by atoms with E-state index < -0.39 is 5.60 Å². The molecule has 38 heavy (non-hydrogen) atoms. The van der Waals surface area contributed by atoms with Gasteiger partial charge in [0.05, 0.1) is 18.8 Å². The topological polar surface area (TPSA) is 77.5 Å². The first-order valence-corrected chi connectivity index (χ1v) is 14.3. The normalized spacial score (nSPS) is 18.8. The smallest absolute Gasteiger partial charge is 0.410 e. The van der Waals surface area contributed by atoms with E-state index in [0.717, 1.165) is 32.1 Å². The van der Waals surface area contributed by atoms with Crippen LogP contribution in [-0.4, -0.2) is 79.0 Å². The van der Waals surface area contributed by atoms with Crippen molar-refractivity contribution < 1.29 is 28.5 Å². The summed E-state index contributed by atoms with van der Waals surface area (Å²) >= 11 is 0. The zero-order valence-corrected chi connectivity index (χ0v) is 24.3. The van der Waals surface area contributed by atoms with Crippen molar-refractivity contribution in [2.75, 3.05) is 33.4 Å². The SMILES string of the molecule is COCCCOc1cc(C(=O)N(C(C)C)[C@@H]2CCCN(C(=O)OC(C)(C)C)C2)ccc1OC1CCCCC1. The van der Waals surface area contributed by atoms with Crippen molar-refractivity contribution in [3.05, 3.63) is 23.8 Å². The standard InChI is InChI=1S/C30H48N2O6/c1-22(2)32(24-12-10-17-31(21-24)29(34)38-30(3,4)5)28(33)23-15-16-26(37-25-13-8-7-9-14-25)27(20-23)36-19-11-18-35-6/h15-16,20,22,24-25H,7-14,17-19,21H2,1-6H3/t24-/m1/s1. The van der Waals surface area contributed by atoms with Crippen LogP contribution in [0.5, 0.6) is 11.5 Å². The molecule has 3 rings (SSSR count). The van der Waals surface area contributed by atoms with Crippen molar-refractivity contribution in [2.45, 2.75) is 110 Å². The van der Waals surface area contributed by atoms with Gasteiger partial charge in [-0.25, -0.2) is 4.79 Å². The van der Waals surface area contributed by atoms with Crippen molar-refractivity contribution in [2.24, 2.45) is 0 Å². The van der Waals surface area contributed by atoms with Gasteiger partial charge in [0, 0.05) is 44.8 Å². The van der Waals surface area contributed by atoms with Crippen LogP contribution in [0, 0.1) is 0 Å². The zero-order chi connectivity index (χ0) is 27.7. The van der Waals surface area contributed by atoms with E-state index in [2.05, 4.69) is 0 Å². The predicted molar refractivity (Wildman–Crippen MR) is 148 cm³/mol. The number of nitrogens with zero attached hydrogens (tertiary/aromatic N) is 2. The fraction of sp³-hybridized carbons (Fsp3) is 0.733. The van der Waals surface area contributed by atoms with Crippen LogP contribution in [0.4, 0.5) is 4.79 Å². The van der Waals surface area contributed by atoms with E-state index in [-0.39, 0.29) is 30.2 Å². The van der Waals surface area contributed by atoms with Gasteiger partial charge in [-0.1, -0.05) is 6.42 Å². The Morgan fingerprint density at radius 2 is 1.76 bits per heavy atom. The minimum atomic E-state index is -0.557. The quantitative estimate of drug-likeness (QED) is 0.341. The van der Waals surface area contributed by atoms with Gasteiger partial charge >= 0.3 is 6.09 Å². The molecule has 1 saturated heterocycles. The van der Waals surface area contributed by atoms with Gasteiger partial charge in [-0.2, -0.15) is 0 Å². The highest BCUT2D eigenvalue weighted by Gasteiger charge is 2.34. The molecule has 8 heteroatoms. The second-order valence-corrected chi connectivity index (χ2v) is 11.8. The van der Waals surface area contributed by atoms with Crippen LogP contribution in [0.1, 0.15) is 96.3 Å². The molecule has 0 bridgehead atoms. The lowest BCUT2D eigenvalue weighted by atomic mass is 9.98. The molecule has 1 aromatic carbocycles. The molecule has 2 fully saturated rings. The van der Waals surface area contributed by atoms with Gasteiger partial charge in [-0.05, 0) is 91.3 Å². The molecule has 2 aliphatic rings. The van der Waals surface area contributed by atoms with Crippen molar-refractivity contribution >= 4 is 12.0 Å². The van der Waals surface area contributed by atoms with E-state index in [4.69, 9.17) is 18.9 Å². The van der Waals surface area contributed by atoms with Crippen molar-refractivity contribution in [3.63, 3.8) is 0 Å². The van der Waals surface area contributed by atoms with Gasteiger partial charge in [-0.15, -0.1) is 0 Å². The number of ether oxygens (including phenoxy) is 4. The summed E-state index contributed by atoms with van der Waals surface area (Å²) in [6.45, 7) is 11.8. The van der Waals surface area contributed by atoms with E-state index in [1.165, 1.54) is 19.3 Å². The maximum Gasteiger partial charge on any atom is 0.410 e. The maximum atomic E-state index is 13.9. The summed E-state index contributed by atoms with van der Waals surface area (Å²) in [5.41, 5.74) is 0.00408. The molecule has 1 saturated carbocycles. The average Bonchev–Trinajstić information content (AvgIpc) is 2.87. The van der Waals surface area contributed by atoms with Gasteiger partial charge in [-0.3, -0.25) is 4.79 Å². The van der Waals surface area contributed by atoms with Crippen LogP contribution in [-0.2, 0) is 9.47 Å². The van der Waals surface area contributed by atoms with E-state index in [9.17, 15) is 9.59 Å². The Hall–Kier alpha value is -2.48. The first-order valence-electron chi connectivity index (χ1n) is 14.3. The average molecular weight is 533 g/mol. The summed E-state index contributed by atoms with van der Waals surface area (Å²) in [7, 11) is 1.67. The fourth-order valence-corrected chi connectivity index (χ4v) is 5.24. The molecular formula is C30H48N2O6. The Kier molecular flexibility index (Phi) is 11.1. The van der Waals surface area contributed by atoms with Crippen molar-refractivity contribution in [3.8, 4) is 11.5 Å². The van der Waals surface area contributed by atoms with Gasteiger partial charge in [0.25, 0.3) is 5.91 Å². The summed E-state index contributed by atoms with van der Waals surface area (Å²) in [5.74, 6) is 1.22. The number of carbonyl (C=O) groups is 2. The minimum Gasteiger partial charge on any atom is -0.490 e. The van der Waals surface area contributed by atoms with Gasteiger partial charge < -0.3 is 28.7 Å². The Balaban J connectivity index is 1.78. The highest BCUT2D eigenvalue weighted by Crippen LogP contribution is 2.33. The molecule has 0 N–H and O–H groups in total. The molecule has 1 aromatic rings. The first-order chi connectivity index (χ1) is 18.1. The van der Waals surface area contributed by atoms with Crippen molar-refractivity contribution in [1.29, 1.82) is 0 Å². The molecule has 8 nitrogen and oxygen atoms in total. The lowest BCUT2D eigenvalue weighted by Gasteiger charge is -2.41. The molecule has 1 atom stereocenters. The Labute approximate surface area is 228 Å². The molecule has 0 radical (unpaired) electrons. The molecular weight excluding hydrogens is 484 g/mol. The lowest BCUT2D eigenvalue weighted by Crippen LogP contribution is -2.54. The third-order valence-electron chi connectivity index (χ3n) is 7.02. The highest BCUT2D eigenvalue weighted by molar-refractivity contribution is 5.95. The lowest BCUT2D eigenvalue weighted by molar-refractivity contribution is 0.00751. The number of methoxy groups -OCH3 is 1. The zero-order valence-electron chi connectivity index (χ0n) is 24.3. The number of piperidine rings is 1. The monoisotopic (exact) mass is 532 g/mol. The van der Waals surface area contributed by atoms with Crippen LogP contribution in [0.25, 0.3) is 0 Å².